The van der Waals surface area contributed by atoms with Crippen molar-refractivity contribution in [2.75, 3.05) is 26.3 Å². The molecule has 1 aromatic rings. The Bertz CT molecular complexity index is 405. The topological polar surface area (TPSA) is 30.5 Å². The third kappa shape index (κ3) is 4.10. The molecule has 0 bridgehead atoms. The van der Waals surface area contributed by atoms with Crippen LogP contribution in [0.15, 0.2) is 18.2 Å². The highest BCUT2D eigenvalue weighted by molar-refractivity contribution is 6.30. The molecule has 0 amide bonds. The summed E-state index contributed by atoms with van der Waals surface area (Å²) >= 11 is 5.97. The molecule has 106 valence electrons. The molecule has 1 saturated heterocycles. The Balaban J connectivity index is 2.05. The van der Waals surface area contributed by atoms with Crippen LogP contribution in [0.4, 0.5) is 0 Å². The molecule has 2 rings (SSSR count). The van der Waals surface area contributed by atoms with Gasteiger partial charge in [-0.1, -0.05) is 11.6 Å². The molecule has 19 heavy (non-hydrogen) atoms. The average Bonchev–Trinajstić information content (AvgIpc) is 2.90. The summed E-state index contributed by atoms with van der Waals surface area (Å²) < 4.78 is 11.7. The molecule has 1 N–H and O–H groups in total. The Morgan fingerprint density at radius 1 is 1.47 bits per heavy atom. The smallest absolute Gasteiger partial charge is 0.126 e. The summed E-state index contributed by atoms with van der Waals surface area (Å²) in [7, 11) is 0. The van der Waals surface area contributed by atoms with E-state index in [0.29, 0.717) is 12.5 Å². The second-order valence-electron chi connectivity index (χ2n) is 4.98. The second kappa shape index (κ2) is 7.13. The first-order valence-corrected chi connectivity index (χ1v) is 7.29. The van der Waals surface area contributed by atoms with Gasteiger partial charge in [0.15, 0.2) is 0 Å². The zero-order valence-electron chi connectivity index (χ0n) is 11.6. The van der Waals surface area contributed by atoms with Gasteiger partial charge in [0.2, 0.25) is 0 Å². The van der Waals surface area contributed by atoms with Crippen LogP contribution in [0.1, 0.15) is 18.9 Å². The van der Waals surface area contributed by atoms with Crippen LogP contribution in [0.5, 0.6) is 5.75 Å². The van der Waals surface area contributed by atoms with Crippen LogP contribution < -0.4 is 10.1 Å². The standard InChI is InChI=1S/C15H22ClNO2/c1-3-18-10-15(12-6-7-17-9-12)19-14-5-4-13(16)8-11(14)2/h4-5,8,12,15,17H,3,6-7,9-10H2,1-2H3/t12-,15-/m0/s1. The maximum atomic E-state index is 6.16. The van der Waals surface area contributed by atoms with E-state index in [1.54, 1.807) is 0 Å². The van der Waals surface area contributed by atoms with Crippen molar-refractivity contribution in [2.45, 2.75) is 26.4 Å². The number of ether oxygens (including phenoxy) is 2. The molecule has 3 nitrogen and oxygen atoms in total. The zero-order valence-corrected chi connectivity index (χ0v) is 12.4. The fraction of sp³-hybridized carbons (Fsp3) is 0.600. The van der Waals surface area contributed by atoms with Crippen LogP contribution in [0.3, 0.4) is 0 Å². The molecule has 0 unspecified atom stereocenters. The highest BCUT2D eigenvalue weighted by atomic mass is 35.5. The number of nitrogens with one attached hydrogen (secondary N) is 1. The highest BCUT2D eigenvalue weighted by Gasteiger charge is 2.27. The lowest BCUT2D eigenvalue weighted by atomic mass is 10.0. The number of benzene rings is 1. The van der Waals surface area contributed by atoms with Gasteiger partial charge in [-0.25, -0.2) is 0 Å². The zero-order chi connectivity index (χ0) is 13.7. The third-order valence-electron chi connectivity index (χ3n) is 3.53. The Labute approximate surface area is 120 Å². The Morgan fingerprint density at radius 2 is 2.32 bits per heavy atom. The van der Waals surface area contributed by atoms with Crippen molar-refractivity contribution in [3.63, 3.8) is 0 Å². The molecule has 0 aliphatic carbocycles. The molecule has 4 heteroatoms. The summed E-state index contributed by atoms with van der Waals surface area (Å²) in [4.78, 5) is 0. The van der Waals surface area contributed by atoms with Crippen molar-refractivity contribution in [3.8, 4) is 5.75 Å². The van der Waals surface area contributed by atoms with Gasteiger partial charge in [-0.3, -0.25) is 0 Å². The van der Waals surface area contributed by atoms with Gasteiger partial charge in [0.05, 0.1) is 6.61 Å². The minimum Gasteiger partial charge on any atom is -0.487 e. The quantitative estimate of drug-likeness (QED) is 0.870. The van der Waals surface area contributed by atoms with Crippen LogP contribution in [-0.2, 0) is 4.74 Å². The van der Waals surface area contributed by atoms with Crippen LogP contribution in [-0.4, -0.2) is 32.4 Å². The number of halogens is 1. The molecule has 0 radical (unpaired) electrons. The van der Waals surface area contributed by atoms with E-state index < -0.39 is 0 Å². The third-order valence-corrected chi connectivity index (χ3v) is 3.76. The van der Waals surface area contributed by atoms with Crippen molar-refractivity contribution in [1.82, 2.24) is 5.32 Å². The SMILES string of the molecule is CCOC[C@H](Oc1ccc(Cl)cc1C)[C@H]1CCNC1. The van der Waals surface area contributed by atoms with Crippen molar-refractivity contribution >= 4 is 11.6 Å². The van der Waals surface area contributed by atoms with E-state index in [1.807, 2.05) is 32.0 Å². The molecule has 2 atom stereocenters. The number of rotatable bonds is 6. The number of hydrogen-bond acceptors (Lipinski definition) is 3. The van der Waals surface area contributed by atoms with E-state index in [9.17, 15) is 0 Å². The van der Waals surface area contributed by atoms with Gasteiger partial charge in [-0.15, -0.1) is 0 Å². The summed E-state index contributed by atoms with van der Waals surface area (Å²) in [5.41, 5.74) is 1.07. The maximum Gasteiger partial charge on any atom is 0.126 e. The fourth-order valence-corrected chi connectivity index (χ4v) is 2.63. The van der Waals surface area contributed by atoms with Gasteiger partial charge < -0.3 is 14.8 Å². The largest absolute Gasteiger partial charge is 0.487 e. The van der Waals surface area contributed by atoms with Gasteiger partial charge in [0, 0.05) is 24.1 Å². The van der Waals surface area contributed by atoms with E-state index in [2.05, 4.69) is 5.32 Å². The predicted molar refractivity (Wildman–Crippen MR) is 78.1 cm³/mol. The van der Waals surface area contributed by atoms with Crippen LogP contribution >= 0.6 is 11.6 Å². The van der Waals surface area contributed by atoms with Crippen LogP contribution in [0, 0.1) is 12.8 Å². The first-order chi connectivity index (χ1) is 9.20. The molecule has 1 aromatic carbocycles. The van der Waals surface area contributed by atoms with E-state index in [4.69, 9.17) is 21.1 Å². The Kier molecular flexibility index (Phi) is 5.49. The van der Waals surface area contributed by atoms with Gasteiger partial charge in [-0.2, -0.15) is 0 Å². The van der Waals surface area contributed by atoms with Crippen LogP contribution in [0.2, 0.25) is 5.02 Å². The minimum atomic E-state index is 0.106. The van der Waals surface area contributed by atoms with Gasteiger partial charge in [0.25, 0.3) is 0 Å². The molecular formula is C15H22ClNO2. The predicted octanol–water partition coefficient (Wildman–Crippen LogP) is 3.04. The summed E-state index contributed by atoms with van der Waals surface area (Å²) in [6, 6.07) is 5.75. The first kappa shape index (κ1) is 14.6. The van der Waals surface area contributed by atoms with Crippen LogP contribution in [0.25, 0.3) is 0 Å². The van der Waals surface area contributed by atoms with E-state index >= 15 is 0 Å². The number of hydrogen-bond donors (Lipinski definition) is 1. The van der Waals surface area contributed by atoms with Crippen molar-refractivity contribution in [1.29, 1.82) is 0 Å². The monoisotopic (exact) mass is 283 g/mol. The normalized spacial score (nSPS) is 20.5. The molecule has 1 heterocycles. The molecule has 0 saturated carbocycles. The summed E-state index contributed by atoms with van der Waals surface area (Å²) in [6.07, 6.45) is 1.25. The minimum absolute atomic E-state index is 0.106. The molecule has 0 spiro atoms. The van der Waals surface area contributed by atoms with Crippen molar-refractivity contribution in [2.24, 2.45) is 5.92 Å². The summed E-state index contributed by atoms with van der Waals surface area (Å²) in [5, 5.41) is 4.13. The summed E-state index contributed by atoms with van der Waals surface area (Å²) in [5.74, 6) is 1.42. The van der Waals surface area contributed by atoms with Crippen molar-refractivity contribution in [3.05, 3.63) is 28.8 Å². The summed E-state index contributed by atoms with van der Waals surface area (Å²) in [6.45, 7) is 7.47. The van der Waals surface area contributed by atoms with E-state index in [1.165, 1.54) is 0 Å². The maximum absolute atomic E-state index is 6.16. The highest BCUT2D eigenvalue weighted by Crippen LogP contribution is 2.26. The van der Waals surface area contributed by atoms with Gasteiger partial charge in [-0.05, 0) is 50.6 Å². The van der Waals surface area contributed by atoms with E-state index in [-0.39, 0.29) is 6.10 Å². The molecule has 1 aliphatic rings. The average molecular weight is 284 g/mol. The van der Waals surface area contributed by atoms with Gasteiger partial charge >= 0.3 is 0 Å². The fourth-order valence-electron chi connectivity index (χ4n) is 2.40. The number of aryl methyl sites for hydroxylation is 1. The van der Waals surface area contributed by atoms with Gasteiger partial charge in [0.1, 0.15) is 11.9 Å². The lowest BCUT2D eigenvalue weighted by Gasteiger charge is -2.25. The second-order valence-corrected chi connectivity index (χ2v) is 5.41. The Morgan fingerprint density at radius 3 is 2.95 bits per heavy atom. The molecule has 1 fully saturated rings. The molecule has 1 aliphatic heterocycles. The lowest BCUT2D eigenvalue weighted by Crippen LogP contribution is -2.33. The molecular weight excluding hydrogens is 262 g/mol. The van der Waals surface area contributed by atoms with Crippen molar-refractivity contribution < 1.29 is 9.47 Å². The lowest BCUT2D eigenvalue weighted by molar-refractivity contribution is 0.0288. The van der Waals surface area contributed by atoms with E-state index in [0.717, 1.165) is 42.5 Å². The molecule has 0 aromatic heterocycles. The first-order valence-electron chi connectivity index (χ1n) is 6.92. The Hall–Kier alpha value is -0.770.